The zero-order chi connectivity index (χ0) is 16.1. The summed E-state index contributed by atoms with van der Waals surface area (Å²) in [5, 5.41) is 6.01. The summed E-state index contributed by atoms with van der Waals surface area (Å²) in [7, 11) is 0. The molecule has 1 amide bonds. The van der Waals surface area contributed by atoms with E-state index >= 15 is 0 Å². The van der Waals surface area contributed by atoms with Crippen LogP contribution in [-0.4, -0.2) is 22.4 Å². The van der Waals surface area contributed by atoms with Crippen LogP contribution in [0.3, 0.4) is 0 Å². The smallest absolute Gasteiger partial charge is 0.270 e. The van der Waals surface area contributed by atoms with Crippen LogP contribution in [-0.2, 0) is 0 Å². The van der Waals surface area contributed by atoms with Gasteiger partial charge in [0.15, 0.2) is 0 Å². The first-order valence-electron chi connectivity index (χ1n) is 7.41. The summed E-state index contributed by atoms with van der Waals surface area (Å²) < 4.78 is 0. The fraction of sp³-hybridized carbons (Fsp3) is 0.353. The molecule has 0 aliphatic rings. The Bertz CT molecular complexity index is 667. The van der Waals surface area contributed by atoms with Gasteiger partial charge in [0.1, 0.15) is 5.69 Å². The van der Waals surface area contributed by atoms with Crippen molar-refractivity contribution < 1.29 is 4.79 Å². The summed E-state index contributed by atoms with van der Waals surface area (Å²) in [6.45, 7) is 8.60. The van der Waals surface area contributed by atoms with Crippen LogP contribution in [0.25, 0.3) is 0 Å². The molecular weight excluding hydrogens is 276 g/mol. The summed E-state index contributed by atoms with van der Waals surface area (Å²) in [6, 6.07) is 9.62. The first kappa shape index (κ1) is 15.9. The highest BCUT2D eigenvalue weighted by molar-refractivity contribution is 5.92. The average Bonchev–Trinajstić information content (AvgIpc) is 2.44. The zero-order valence-corrected chi connectivity index (χ0v) is 13.5. The van der Waals surface area contributed by atoms with Gasteiger partial charge in [-0.2, -0.15) is 0 Å². The highest BCUT2D eigenvalue weighted by Crippen LogP contribution is 2.15. The van der Waals surface area contributed by atoms with E-state index in [0.717, 1.165) is 16.9 Å². The van der Waals surface area contributed by atoms with Crippen LogP contribution in [0.2, 0.25) is 0 Å². The van der Waals surface area contributed by atoms with Crippen molar-refractivity contribution in [3.05, 3.63) is 47.3 Å². The fourth-order valence-corrected chi connectivity index (χ4v) is 1.98. The summed E-state index contributed by atoms with van der Waals surface area (Å²) in [6.07, 6.45) is 0. The SMILES string of the molecule is Cc1cccc(Nc2nc(C)cc(C(=O)NCC(C)C)n2)c1. The van der Waals surface area contributed by atoms with Crippen LogP contribution in [0.5, 0.6) is 0 Å². The van der Waals surface area contributed by atoms with E-state index in [1.54, 1.807) is 6.07 Å². The maximum atomic E-state index is 12.1. The summed E-state index contributed by atoms with van der Waals surface area (Å²) in [4.78, 5) is 20.8. The standard InChI is InChI=1S/C17H22N4O/c1-11(2)10-18-16(22)15-9-13(4)19-17(21-15)20-14-7-5-6-12(3)8-14/h5-9,11H,10H2,1-4H3,(H,18,22)(H,19,20,21). The second kappa shape index (κ2) is 7.02. The molecule has 2 aromatic rings. The van der Waals surface area contributed by atoms with E-state index in [1.807, 2.05) is 38.1 Å². The fourth-order valence-electron chi connectivity index (χ4n) is 1.98. The van der Waals surface area contributed by atoms with Crippen molar-refractivity contribution in [1.29, 1.82) is 0 Å². The lowest BCUT2D eigenvalue weighted by atomic mass is 10.2. The Morgan fingerprint density at radius 1 is 1.18 bits per heavy atom. The van der Waals surface area contributed by atoms with Crippen molar-refractivity contribution in [2.24, 2.45) is 5.92 Å². The molecule has 2 N–H and O–H groups in total. The van der Waals surface area contributed by atoms with Gasteiger partial charge in [-0.3, -0.25) is 4.79 Å². The monoisotopic (exact) mass is 298 g/mol. The molecule has 5 nitrogen and oxygen atoms in total. The van der Waals surface area contributed by atoms with Gasteiger partial charge in [-0.05, 0) is 43.5 Å². The summed E-state index contributed by atoms with van der Waals surface area (Å²) >= 11 is 0. The molecule has 1 aromatic carbocycles. The Morgan fingerprint density at radius 2 is 1.95 bits per heavy atom. The Morgan fingerprint density at radius 3 is 2.64 bits per heavy atom. The predicted molar refractivity (Wildman–Crippen MR) is 88.4 cm³/mol. The van der Waals surface area contributed by atoms with Crippen molar-refractivity contribution >= 4 is 17.5 Å². The highest BCUT2D eigenvalue weighted by Gasteiger charge is 2.11. The molecular formula is C17H22N4O. The average molecular weight is 298 g/mol. The third kappa shape index (κ3) is 4.55. The van der Waals surface area contributed by atoms with Crippen molar-refractivity contribution in [2.75, 3.05) is 11.9 Å². The van der Waals surface area contributed by atoms with Gasteiger partial charge in [-0.25, -0.2) is 9.97 Å². The van der Waals surface area contributed by atoms with E-state index in [1.165, 1.54) is 0 Å². The minimum Gasteiger partial charge on any atom is -0.350 e. The summed E-state index contributed by atoms with van der Waals surface area (Å²) in [5.41, 5.74) is 3.18. The van der Waals surface area contributed by atoms with E-state index < -0.39 is 0 Å². The number of rotatable bonds is 5. The first-order valence-corrected chi connectivity index (χ1v) is 7.41. The van der Waals surface area contributed by atoms with Crippen molar-refractivity contribution in [1.82, 2.24) is 15.3 Å². The molecule has 0 saturated heterocycles. The number of hydrogen-bond donors (Lipinski definition) is 2. The van der Waals surface area contributed by atoms with Gasteiger partial charge in [-0.15, -0.1) is 0 Å². The molecule has 0 spiro atoms. The number of nitrogens with zero attached hydrogens (tertiary/aromatic N) is 2. The number of aryl methyl sites for hydroxylation is 2. The summed E-state index contributed by atoms with van der Waals surface area (Å²) in [5.74, 6) is 0.656. The van der Waals surface area contributed by atoms with Crippen LogP contribution in [0.15, 0.2) is 30.3 Å². The van der Waals surface area contributed by atoms with Crippen LogP contribution in [0.1, 0.15) is 35.6 Å². The molecule has 22 heavy (non-hydrogen) atoms. The molecule has 0 radical (unpaired) electrons. The number of nitrogens with one attached hydrogen (secondary N) is 2. The lowest BCUT2D eigenvalue weighted by molar-refractivity contribution is 0.0944. The number of carbonyl (C=O) groups excluding carboxylic acids is 1. The minimum absolute atomic E-state index is 0.175. The molecule has 0 bridgehead atoms. The van der Waals surface area contributed by atoms with Gasteiger partial charge in [0.25, 0.3) is 5.91 Å². The second-order valence-corrected chi connectivity index (χ2v) is 5.82. The van der Waals surface area contributed by atoms with Crippen molar-refractivity contribution in [3.63, 3.8) is 0 Å². The first-order chi connectivity index (χ1) is 10.4. The Hall–Kier alpha value is -2.43. The number of amides is 1. The molecule has 5 heteroatoms. The third-order valence-corrected chi connectivity index (χ3v) is 3.03. The quantitative estimate of drug-likeness (QED) is 0.889. The maximum Gasteiger partial charge on any atom is 0.270 e. The number of carbonyl (C=O) groups is 1. The van der Waals surface area contributed by atoms with E-state index in [0.29, 0.717) is 24.1 Å². The normalized spacial score (nSPS) is 10.6. The third-order valence-electron chi connectivity index (χ3n) is 3.03. The molecule has 2 rings (SSSR count). The van der Waals surface area contributed by atoms with Crippen LogP contribution >= 0.6 is 0 Å². The largest absolute Gasteiger partial charge is 0.350 e. The number of hydrogen-bond acceptors (Lipinski definition) is 4. The lowest BCUT2D eigenvalue weighted by Gasteiger charge is -2.10. The Balaban J connectivity index is 2.17. The van der Waals surface area contributed by atoms with Gasteiger partial charge >= 0.3 is 0 Å². The second-order valence-electron chi connectivity index (χ2n) is 5.82. The van der Waals surface area contributed by atoms with Crippen LogP contribution in [0, 0.1) is 19.8 Å². The van der Waals surface area contributed by atoms with Gasteiger partial charge in [-0.1, -0.05) is 26.0 Å². The number of aromatic nitrogens is 2. The molecule has 0 unspecified atom stereocenters. The van der Waals surface area contributed by atoms with Gasteiger partial charge in [0, 0.05) is 17.9 Å². The van der Waals surface area contributed by atoms with Crippen LogP contribution < -0.4 is 10.6 Å². The number of anilines is 2. The van der Waals surface area contributed by atoms with Crippen LogP contribution in [0.4, 0.5) is 11.6 Å². The lowest BCUT2D eigenvalue weighted by Crippen LogP contribution is -2.28. The predicted octanol–water partition coefficient (Wildman–Crippen LogP) is 3.22. The Kier molecular flexibility index (Phi) is 5.09. The molecule has 0 aliphatic heterocycles. The zero-order valence-electron chi connectivity index (χ0n) is 13.5. The Labute approximate surface area is 131 Å². The van der Waals surface area contributed by atoms with Crippen molar-refractivity contribution in [3.8, 4) is 0 Å². The minimum atomic E-state index is -0.175. The molecule has 0 fully saturated rings. The molecule has 0 aliphatic carbocycles. The van der Waals surface area contributed by atoms with Gasteiger partial charge < -0.3 is 10.6 Å². The van der Waals surface area contributed by atoms with Gasteiger partial charge in [0.05, 0.1) is 0 Å². The van der Waals surface area contributed by atoms with E-state index in [2.05, 4.69) is 34.4 Å². The van der Waals surface area contributed by atoms with E-state index in [4.69, 9.17) is 0 Å². The molecule has 1 heterocycles. The highest BCUT2D eigenvalue weighted by atomic mass is 16.1. The van der Waals surface area contributed by atoms with Gasteiger partial charge in [0.2, 0.25) is 5.95 Å². The topological polar surface area (TPSA) is 66.9 Å². The number of benzene rings is 1. The van der Waals surface area contributed by atoms with E-state index in [9.17, 15) is 4.79 Å². The molecule has 0 saturated carbocycles. The maximum absolute atomic E-state index is 12.1. The molecule has 1 aromatic heterocycles. The van der Waals surface area contributed by atoms with E-state index in [-0.39, 0.29) is 5.91 Å². The molecule has 0 atom stereocenters. The van der Waals surface area contributed by atoms with Crippen molar-refractivity contribution in [2.45, 2.75) is 27.7 Å². The molecule has 116 valence electrons.